The van der Waals surface area contributed by atoms with Gasteiger partial charge in [0.05, 0.1) is 14.5 Å². The number of thiazole rings is 1. The molecular weight excluding hydrogens is 258 g/mol. The molecule has 14 heavy (non-hydrogen) atoms. The van der Waals surface area contributed by atoms with Crippen LogP contribution in [-0.2, 0) is 0 Å². The molecule has 0 radical (unpaired) electrons. The first-order chi connectivity index (χ1) is 6.77. The highest BCUT2D eigenvalue weighted by atomic mass is 79.9. The fourth-order valence-electron chi connectivity index (χ4n) is 2.22. The van der Waals surface area contributed by atoms with Crippen LogP contribution >= 0.6 is 27.3 Å². The predicted octanol–water partition coefficient (Wildman–Crippen LogP) is 4.65. The van der Waals surface area contributed by atoms with Gasteiger partial charge in [-0.15, -0.1) is 11.3 Å². The molecule has 78 valence electrons. The van der Waals surface area contributed by atoms with Crippen molar-refractivity contribution in [2.24, 2.45) is 0 Å². The molecule has 1 heterocycles. The number of rotatable bonds is 1. The van der Waals surface area contributed by atoms with E-state index in [1.165, 1.54) is 53.0 Å². The smallest absolute Gasteiger partial charge is 0.0934 e. The summed E-state index contributed by atoms with van der Waals surface area (Å²) in [5, 5.41) is 1.19. The van der Waals surface area contributed by atoms with Gasteiger partial charge in [0.15, 0.2) is 0 Å². The van der Waals surface area contributed by atoms with Gasteiger partial charge in [-0.2, -0.15) is 0 Å². The Morgan fingerprint density at radius 1 is 1.21 bits per heavy atom. The molecule has 3 heteroatoms. The van der Waals surface area contributed by atoms with Crippen LogP contribution in [0.3, 0.4) is 0 Å². The fraction of sp³-hybridized carbons (Fsp3) is 0.727. The van der Waals surface area contributed by atoms with Crippen LogP contribution in [0.4, 0.5) is 0 Å². The number of nitrogens with zero attached hydrogens (tertiary/aromatic N) is 1. The summed E-state index contributed by atoms with van der Waals surface area (Å²) in [6.45, 7) is 2.09. The lowest BCUT2D eigenvalue weighted by Gasteiger charge is -2.11. The zero-order valence-corrected chi connectivity index (χ0v) is 11.0. The summed E-state index contributed by atoms with van der Waals surface area (Å²) >= 11 is 5.41. The van der Waals surface area contributed by atoms with E-state index in [2.05, 4.69) is 27.8 Å². The van der Waals surface area contributed by atoms with Gasteiger partial charge in [0.25, 0.3) is 0 Å². The molecule has 1 aromatic heterocycles. The van der Waals surface area contributed by atoms with Crippen molar-refractivity contribution in [3.8, 4) is 0 Å². The van der Waals surface area contributed by atoms with Gasteiger partial charge in [-0.1, -0.05) is 25.7 Å². The van der Waals surface area contributed by atoms with Crippen molar-refractivity contribution in [1.82, 2.24) is 4.98 Å². The molecule has 0 amide bonds. The molecule has 0 N–H and O–H groups in total. The molecule has 0 aliphatic heterocycles. The number of halogens is 1. The quantitative estimate of drug-likeness (QED) is 0.679. The van der Waals surface area contributed by atoms with E-state index in [-0.39, 0.29) is 0 Å². The molecule has 1 fully saturated rings. The maximum Gasteiger partial charge on any atom is 0.0934 e. The van der Waals surface area contributed by atoms with E-state index < -0.39 is 0 Å². The van der Waals surface area contributed by atoms with Crippen molar-refractivity contribution in [3.63, 3.8) is 0 Å². The fourth-order valence-corrected chi connectivity index (χ4v) is 4.06. The molecule has 0 atom stereocenters. The van der Waals surface area contributed by atoms with Gasteiger partial charge < -0.3 is 0 Å². The summed E-state index contributed by atoms with van der Waals surface area (Å²) < 4.78 is 1.27. The normalized spacial score (nSPS) is 19.6. The van der Waals surface area contributed by atoms with Crippen LogP contribution in [0, 0.1) is 6.92 Å². The highest BCUT2D eigenvalue weighted by Gasteiger charge is 2.19. The standard InChI is InChI=1S/C11H16BrNS/c1-8-13-10(11(12)14-8)9-6-4-2-3-5-7-9/h9H,2-7H2,1H3. The SMILES string of the molecule is Cc1nc(C2CCCCCC2)c(Br)s1. The van der Waals surface area contributed by atoms with Gasteiger partial charge in [0.2, 0.25) is 0 Å². The minimum atomic E-state index is 0.719. The van der Waals surface area contributed by atoms with E-state index in [4.69, 9.17) is 0 Å². The third-order valence-electron chi connectivity index (χ3n) is 2.96. The lowest BCUT2D eigenvalue weighted by Crippen LogP contribution is -1.98. The van der Waals surface area contributed by atoms with Gasteiger partial charge in [-0.05, 0) is 35.7 Å². The van der Waals surface area contributed by atoms with E-state index in [1.54, 1.807) is 11.3 Å². The number of aromatic nitrogens is 1. The molecule has 0 saturated heterocycles. The molecule has 0 aromatic carbocycles. The zero-order valence-electron chi connectivity index (χ0n) is 8.55. The second-order valence-corrected chi connectivity index (χ2v) is 6.60. The van der Waals surface area contributed by atoms with E-state index in [9.17, 15) is 0 Å². The molecule has 1 nitrogen and oxygen atoms in total. The highest BCUT2D eigenvalue weighted by molar-refractivity contribution is 9.11. The lowest BCUT2D eigenvalue weighted by atomic mass is 9.98. The zero-order chi connectivity index (χ0) is 9.97. The molecule has 2 rings (SSSR count). The van der Waals surface area contributed by atoms with Crippen LogP contribution in [0.2, 0.25) is 0 Å². The van der Waals surface area contributed by atoms with Gasteiger partial charge >= 0.3 is 0 Å². The topological polar surface area (TPSA) is 12.9 Å². The number of hydrogen-bond acceptors (Lipinski definition) is 2. The van der Waals surface area contributed by atoms with Crippen LogP contribution in [0.1, 0.15) is 55.1 Å². The Balaban J connectivity index is 2.15. The molecule has 0 spiro atoms. The molecular formula is C11H16BrNS. The maximum atomic E-state index is 4.65. The first-order valence-corrected chi connectivity index (χ1v) is 7.01. The molecule has 1 aliphatic carbocycles. The largest absolute Gasteiger partial charge is 0.245 e. The Labute approximate surface area is 98.1 Å². The first kappa shape index (κ1) is 10.6. The van der Waals surface area contributed by atoms with E-state index >= 15 is 0 Å². The third kappa shape index (κ3) is 2.37. The van der Waals surface area contributed by atoms with Crippen LogP contribution in [0.5, 0.6) is 0 Å². The summed E-state index contributed by atoms with van der Waals surface area (Å²) in [4.78, 5) is 4.65. The average molecular weight is 274 g/mol. The van der Waals surface area contributed by atoms with E-state index in [1.807, 2.05) is 0 Å². The Morgan fingerprint density at radius 3 is 2.36 bits per heavy atom. The van der Waals surface area contributed by atoms with E-state index in [0.29, 0.717) is 0 Å². The van der Waals surface area contributed by atoms with Gasteiger partial charge in [0, 0.05) is 5.92 Å². The van der Waals surface area contributed by atoms with Gasteiger partial charge in [-0.25, -0.2) is 4.98 Å². The number of hydrogen-bond donors (Lipinski definition) is 0. The molecule has 0 bridgehead atoms. The molecule has 1 aromatic rings. The second kappa shape index (κ2) is 4.75. The van der Waals surface area contributed by atoms with Crippen LogP contribution in [-0.4, -0.2) is 4.98 Å². The van der Waals surface area contributed by atoms with E-state index in [0.717, 1.165) is 5.92 Å². The minimum Gasteiger partial charge on any atom is -0.245 e. The Hall–Kier alpha value is 0.110. The second-order valence-electron chi connectivity index (χ2n) is 4.08. The first-order valence-electron chi connectivity index (χ1n) is 5.40. The van der Waals surface area contributed by atoms with Crippen molar-refractivity contribution in [2.75, 3.05) is 0 Å². The van der Waals surface area contributed by atoms with Crippen molar-refractivity contribution >= 4 is 27.3 Å². The summed E-state index contributed by atoms with van der Waals surface area (Å²) in [5.41, 5.74) is 1.33. The highest BCUT2D eigenvalue weighted by Crippen LogP contribution is 2.37. The molecule has 0 unspecified atom stereocenters. The summed E-state index contributed by atoms with van der Waals surface area (Å²) in [7, 11) is 0. The van der Waals surface area contributed by atoms with Crippen molar-refractivity contribution in [1.29, 1.82) is 0 Å². The summed E-state index contributed by atoms with van der Waals surface area (Å²) in [6, 6.07) is 0. The van der Waals surface area contributed by atoms with Gasteiger partial charge in [-0.3, -0.25) is 0 Å². The Morgan fingerprint density at radius 2 is 1.86 bits per heavy atom. The summed E-state index contributed by atoms with van der Waals surface area (Å²) in [6.07, 6.45) is 8.26. The average Bonchev–Trinajstić information content (AvgIpc) is 2.43. The van der Waals surface area contributed by atoms with Crippen molar-refractivity contribution in [2.45, 2.75) is 51.4 Å². The minimum absolute atomic E-state index is 0.719. The molecule has 1 aliphatic rings. The van der Waals surface area contributed by atoms with Crippen LogP contribution in [0.25, 0.3) is 0 Å². The predicted molar refractivity (Wildman–Crippen MR) is 65.0 cm³/mol. The monoisotopic (exact) mass is 273 g/mol. The third-order valence-corrected chi connectivity index (χ3v) is 4.63. The lowest BCUT2D eigenvalue weighted by molar-refractivity contribution is 0.578. The van der Waals surface area contributed by atoms with Crippen LogP contribution in [0.15, 0.2) is 3.79 Å². The van der Waals surface area contributed by atoms with Gasteiger partial charge in [0.1, 0.15) is 0 Å². The summed E-state index contributed by atoms with van der Waals surface area (Å²) in [5.74, 6) is 0.719. The van der Waals surface area contributed by atoms with Crippen molar-refractivity contribution in [3.05, 3.63) is 14.5 Å². The molecule has 1 saturated carbocycles. The number of aryl methyl sites for hydroxylation is 1. The van der Waals surface area contributed by atoms with Crippen LogP contribution < -0.4 is 0 Å². The van der Waals surface area contributed by atoms with Crippen molar-refractivity contribution < 1.29 is 0 Å². The Kier molecular flexibility index (Phi) is 3.61. The Bertz CT molecular complexity index is 300. The maximum absolute atomic E-state index is 4.65.